The van der Waals surface area contributed by atoms with Gasteiger partial charge in [0.05, 0.1) is 20.5 Å². The summed E-state index contributed by atoms with van der Waals surface area (Å²) in [6.07, 6.45) is 6.43. The first kappa shape index (κ1) is 27.4. The molecule has 3 rings (SSSR count). The van der Waals surface area contributed by atoms with Gasteiger partial charge in [-0.15, -0.1) is 0 Å². The Morgan fingerprint density at radius 3 is 2.29 bits per heavy atom. The van der Waals surface area contributed by atoms with Gasteiger partial charge in [-0.25, -0.2) is 14.6 Å². The molecule has 3 aliphatic heterocycles. The molecule has 2 fully saturated rings. The molecule has 0 aromatic rings. The van der Waals surface area contributed by atoms with E-state index in [4.69, 9.17) is 4.74 Å². The molecule has 0 aromatic heterocycles. The van der Waals surface area contributed by atoms with Gasteiger partial charge >= 0.3 is 6.03 Å². The zero-order valence-corrected chi connectivity index (χ0v) is 20.4. The first-order chi connectivity index (χ1) is 16.1. The highest BCUT2D eigenvalue weighted by molar-refractivity contribution is 7.43. The lowest BCUT2D eigenvalue weighted by Gasteiger charge is -2.47. The maximum atomic E-state index is 13.5. The molecule has 12 heteroatoms. The van der Waals surface area contributed by atoms with E-state index in [0.717, 1.165) is 51.4 Å². The van der Waals surface area contributed by atoms with Crippen LogP contribution in [0.1, 0.15) is 71.1 Å². The molecule has 3 amide bonds. The maximum Gasteiger partial charge on any atom is 0.428 e. The van der Waals surface area contributed by atoms with E-state index in [2.05, 4.69) is 9.84 Å². The van der Waals surface area contributed by atoms with Crippen LogP contribution >= 0.6 is 7.82 Å². The van der Waals surface area contributed by atoms with Crippen LogP contribution in [0.3, 0.4) is 0 Å². The lowest BCUT2D eigenvalue weighted by atomic mass is 9.89. The van der Waals surface area contributed by atoms with Crippen molar-refractivity contribution in [3.8, 4) is 0 Å². The van der Waals surface area contributed by atoms with Crippen LogP contribution in [0.5, 0.6) is 0 Å². The van der Waals surface area contributed by atoms with Crippen LogP contribution < -0.4 is 15.1 Å². The van der Waals surface area contributed by atoms with Gasteiger partial charge in [-0.3, -0.25) is 4.79 Å². The van der Waals surface area contributed by atoms with Gasteiger partial charge in [0.1, 0.15) is 42.7 Å². The van der Waals surface area contributed by atoms with Gasteiger partial charge in [0.2, 0.25) is 0 Å². The molecule has 7 atom stereocenters. The second-order valence-corrected chi connectivity index (χ2v) is 10.6. The third kappa shape index (κ3) is 6.14. The average molecular weight is 504 g/mol. The van der Waals surface area contributed by atoms with Gasteiger partial charge in [0.25, 0.3) is 5.91 Å². The molecule has 3 aliphatic rings. The number of carbonyl (C=O) groups is 2. The normalized spacial score (nSPS) is 38.4. The summed E-state index contributed by atoms with van der Waals surface area (Å²) < 4.78 is 20.9. The molecular weight excluding hydrogens is 467 g/mol. The van der Waals surface area contributed by atoms with E-state index < -0.39 is 56.8 Å². The Hall–Kier alpha value is -1.17. The highest BCUT2D eigenvalue weighted by Crippen LogP contribution is 2.39. The van der Waals surface area contributed by atoms with Crippen molar-refractivity contribution in [1.82, 2.24) is 5.32 Å². The van der Waals surface area contributed by atoms with E-state index in [1.807, 2.05) is 6.92 Å². The Morgan fingerprint density at radius 1 is 1.09 bits per heavy atom. The molecular formula is C22H36N2O9P-. The average Bonchev–Trinajstić information content (AvgIpc) is 3.04. The monoisotopic (exact) mass is 503 g/mol. The molecule has 1 spiro atoms. The Morgan fingerprint density at radius 2 is 1.71 bits per heavy atom. The number of ether oxygens (including phenoxy) is 1. The number of phosphoric acid groups is 1. The maximum absolute atomic E-state index is 13.5. The Labute approximate surface area is 199 Å². The number of hydrogen-bond donors (Lipinski definition) is 3. The van der Waals surface area contributed by atoms with Crippen LogP contribution in [-0.2, 0) is 18.6 Å². The molecule has 7 unspecified atom stereocenters. The number of phosphoric ester groups is 1. The van der Waals surface area contributed by atoms with Gasteiger partial charge < -0.3 is 33.8 Å². The summed E-state index contributed by atoms with van der Waals surface area (Å²) >= 11 is 0. The quantitative estimate of drug-likeness (QED) is 0.359. The summed E-state index contributed by atoms with van der Waals surface area (Å²) in [6.45, 7) is 1.24. The van der Waals surface area contributed by atoms with Crippen LogP contribution in [0, 0.1) is 0 Å². The van der Waals surface area contributed by atoms with Gasteiger partial charge in [0.15, 0.2) is 0 Å². The first-order valence-electron chi connectivity index (χ1n) is 12.2. The minimum Gasteiger partial charge on any atom is -0.790 e. The highest BCUT2D eigenvalue weighted by atomic mass is 31.2. The molecule has 3 heterocycles. The topological polar surface area (TPSA) is 168 Å². The number of urea groups is 1. The zero-order chi connectivity index (χ0) is 24.9. The molecule has 194 valence electrons. The predicted octanol–water partition coefficient (Wildman–Crippen LogP) is 0.573. The minimum absolute atomic E-state index is 0.194. The van der Waals surface area contributed by atoms with Crippen LogP contribution in [0.25, 0.3) is 0 Å². The second-order valence-electron chi connectivity index (χ2n) is 9.49. The fourth-order valence-corrected chi connectivity index (χ4v) is 6.01. The number of rotatable bonds is 5. The largest absolute Gasteiger partial charge is 0.790 e. The molecule has 2 saturated heterocycles. The standard InChI is InChI=1S/C22H37N2O9P/c1-2-15-10-8-6-4-3-5-7-9-11-16(24(15)13-12-18(25)23-22(24)28)21-20(27)19(26)17(33-21)14-32-34(29,30)31/h12-13,15-17,19-21,26-27H,2-11,14H2,1H3,(H2-,23,25,28,29,30,31)/p-1. The van der Waals surface area contributed by atoms with Crippen LogP contribution in [0.4, 0.5) is 4.79 Å². The third-order valence-corrected chi connectivity index (χ3v) is 7.86. The summed E-state index contributed by atoms with van der Waals surface area (Å²) in [5, 5.41) is 23.9. The highest BCUT2D eigenvalue weighted by Gasteiger charge is 2.58. The second kappa shape index (κ2) is 11.7. The van der Waals surface area contributed by atoms with Crippen molar-refractivity contribution in [2.45, 2.75) is 108 Å². The molecule has 3 N–H and O–H groups in total. The molecule has 11 nitrogen and oxygen atoms in total. The summed E-state index contributed by atoms with van der Waals surface area (Å²) in [5.41, 5.74) is 0. The SMILES string of the molecule is CCC1CCCCCCCCCC(C2OC(COP(=O)([O-])[O-])C(O)C2O)[N+]12C=CC(=O)NC2=O. The van der Waals surface area contributed by atoms with Crippen molar-refractivity contribution in [1.29, 1.82) is 0 Å². The summed E-state index contributed by atoms with van der Waals surface area (Å²) in [6, 6.07) is -1.34. The molecule has 0 saturated carbocycles. The van der Waals surface area contributed by atoms with E-state index in [-0.39, 0.29) is 10.5 Å². The lowest BCUT2D eigenvalue weighted by Crippen LogP contribution is -2.70. The van der Waals surface area contributed by atoms with Crippen LogP contribution in [0.2, 0.25) is 0 Å². The lowest BCUT2D eigenvalue weighted by molar-refractivity contribution is -0.858. The van der Waals surface area contributed by atoms with Crippen LogP contribution in [0.15, 0.2) is 12.3 Å². The van der Waals surface area contributed by atoms with E-state index in [9.17, 15) is 34.2 Å². The molecule has 34 heavy (non-hydrogen) atoms. The van der Waals surface area contributed by atoms with E-state index in [1.165, 1.54) is 6.08 Å². The smallest absolute Gasteiger partial charge is 0.428 e. The van der Waals surface area contributed by atoms with Crippen molar-refractivity contribution >= 4 is 19.8 Å². The number of aliphatic hydroxyl groups excluding tert-OH is 2. The van der Waals surface area contributed by atoms with Gasteiger partial charge in [-0.2, -0.15) is 0 Å². The zero-order valence-electron chi connectivity index (χ0n) is 19.5. The van der Waals surface area contributed by atoms with Gasteiger partial charge in [-0.05, 0) is 19.3 Å². The summed E-state index contributed by atoms with van der Waals surface area (Å²) in [7, 11) is -5.30. The number of amides is 3. The number of nitrogens with one attached hydrogen (secondary N) is 1. The number of nitrogens with zero attached hydrogens (tertiary/aromatic N) is 1. The van der Waals surface area contributed by atoms with E-state index >= 15 is 0 Å². The Kier molecular flexibility index (Phi) is 9.44. The van der Waals surface area contributed by atoms with Gasteiger partial charge in [-0.1, -0.05) is 39.0 Å². The fourth-order valence-electron chi connectivity index (χ4n) is 5.68. The Balaban J connectivity index is 1.99. The van der Waals surface area contributed by atoms with Gasteiger partial charge in [0, 0.05) is 12.8 Å². The van der Waals surface area contributed by atoms with Crippen molar-refractivity contribution in [3.63, 3.8) is 0 Å². The minimum atomic E-state index is -5.30. The predicted molar refractivity (Wildman–Crippen MR) is 117 cm³/mol. The van der Waals surface area contributed by atoms with Crippen molar-refractivity contribution in [2.75, 3.05) is 6.61 Å². The summed E-state index contributed by atoms with van der Waals surface area (Å²) in [4.78, 5) is 47.4. The Bertz CT molecular complexity index is 803. The number of hydrogen-bond acceptors (Lipinski definition) is 9. The molecule has 0 aliphatic carbocycles. The molecule has 0 radical (unpaired) electrons. The van der Waals surface area contributed by atoms with Crippen molar-refractivity contribution in [3.05, 3.63) is 12.3 Å². The summed E-state index contributed by atoms with van der Waals surface area (Å²) in [5.74, 6) is -0.519. The number of imide groups is 1. The number of quaternary nitrogens is 1. The third-order valence-electron chi connectivity index (χ3n) is 7.39. The molecule has 0 aromatic carbocycles. The van der Waals surface area contributed by atoms with E-state index in [0.29, 0.717) is 12.8 Å². The molecule has 0 bridgehead atoms. The van der Waals surface area contributed by atoms with Crippen LogP contribution in [-0.4, -0.2) is 69.7 Å². The number of carbonyl (C=O) groups excluding carboxylic acids is 2. The van der Waals surface area contributed by atoms with Crippen molar-refractivity contribution < 1.29 is 47.9 Å². The van der Waals surface area contributed by atoms with E-state index in [1.54, 1.807) is 6.20 Å². The van der Waals surface area contributed by atoms with Crippen molar-refractivity contribution in [2.24, 2.45) is 0 Å². The fraction of sp³-hybridized carbons (Fsp3) is 0.818. The first-order valence-corrected chi connectivity index (χ1v) is 13.7. The number of aliphatic hydroxyl groups is 2.